The van der Waals surface area contributed by atoms with Crippen LogP contribution in [0.2, 0.25) is 0 Å². The number of benzene rings is 1. The number of amides is 1. The van der Waals surface area contributed by atoms with Gasteiger partial charge in [-0.05, 0) is 24.5 Å². The van der Waals surface area contributed by atoms with E-state index in [2.05, 4.69) is 5.32 Å². The Hall–Kier alpha value is -1.66. The van der Waals surface area contributed by atoms with Crippen molar-refractivity contribution in [3.63, 3.8) is 0 Å². The summed E-state index contributed by atoms with van der Waals surface area (Å²) in [5.74, 6) is -0.235. The van der Waals surface area contributed by atoms with Crippen LogP contribution in [0.3, 0.4) is 0 Å². The molecule has 1 aromatic rings. The number of nitrogens with zero attached hydrogens (tertiary/aromatic N) is 1. The molecule has 0 heterocycles. The molecule has 0 unspecified atom stereocenters. The first-order valence-corrected chi connectivity index (χ1v) is 9.96. The zero-order valence-electron chi connectivity index (χ0n) is 14.1. The molecule has 1 saturated carbocycles. The van der Waals surface area contributed by atoms with Crippen LogP contribution in [-0.2, 0) is 14.8 Å². The van der Waals surface area contributed by atoms with Crippen LogP contribution in [0, 0.1) is 0 Å². The molecule has 1 fully saturated rings. The van der Waals surface area contributed by atoms with Crippen LogP contribution < -0.4 is 5.32 Å². The van der Waals surface area contributed by atoms with Crippen LogP contribution in [0.25, 0.3) is 6.08 Å². The van der Waals surface area contributed by atoms with E-state index in [0.29, 0.717) is 0 Å². The number of hydrogen-bond acceptors (Lipinski definition) is 3. The Balaban J connectivity index is 1.88. The number of hydrogen-bond donors (Lipinski definition) is 1. The fraction of sp³-hybridized carbons (Fsp3) is 0.500. The molecule has 0 saturated heterocycles. The Morgan fingerprint density at radius 3 is 2.42 bits per heavy atom. The van der Waals surface area contributed by atoms with Gasteiger partial charge >= 0.3 is 0 Å². The van der Waals surface area contributed by atoms with Crippen molar-refractivity contribution in [1.82, 2.24) is 9.62 Å². The second kappa shape index (κ2) is 8.99. The quantitative estimate of drug-likeness (QED) is 0.802. The molecule has 2 rings (SSSR count). The third kappa shape index (κ3) is 6.09. The van der Waals surface area contributed by atoms with Gasteiger partial charge in [0.25, 0.3) is 0 Å². The molecular formula is C18H26N2O3S. The fourth-order valence-corrected chi connectivity index (χ4v) is 3.66. The summed E-state index contributed by atoms with van der Waals surface area (Å²) in [5, 5.41) is 4.11. The predicted octanol–water partition coefficient (Wildman–Crippen LogP) is 2.76. The maximum Gasteiger partial charge on any atom is 0.236 e. The van der Waals surface area contributed by atoms with Gasteiger partial charge in [0.2, 0.25) is 15.9 Å². The largest absolute Gasteiger partial charge is 0.352 e. The Morgan fingerprint density at radius 2 is 1.79 bits per heavy atom. The van der Waals surface area contributed by atoms with Crippen molar-refractivity contribution in [3.05, 3.63) is 41.3 Å². The van der Waals surface area contributed by atoms with E-state index in [1.54, 1.807) is 0 Å². The molecule has 24 heavy (non-hydrogen) atoms. The Kier molecular flexibility index (Phi) is 6.99. The molecule has 5 nitrogen and oxygen atoms in total. The smallest absolute Gasteiger partial charge is 0.236 e. The van der Waals surface area contributed by atoms with E-state index in [4.69, 9.17) is 0 Å². The van der Waals surface area contributed by atoms with E-state index in [0.717, 1.165) is 41.0 Å². The minimum absolute atomic E-state index is 0.155. The SMILES string of the molecule is CN(CC(=O)NC1CCCCCC1)S(=O)(=O)/C=C/c1ccccc1. The van der Waals surface area contributed by atoms with Gasteiger partial charge in [-0.1, -0.05) is 56.0 Å². The molecule has 0 atom stereocenters. The van der Waals surface area contributed by atoms with E-state index >= 15 is 0 Å². The summed E-state index contributed by atoms with van der Waals surface area (Å²) in [6, 6.07) is 9.38. The van der Waals surface area contributed by atoms with Gasteiger partial charge in [-0.3, -0.25) is 4.79 Å². The first kappa shape index (κ1) is 18.7. The predicted molar refractivity (Wildman–Crippen MR) is 96.7 cm³/mol. The van der Waals surface area contributed by atoms with Crippen molar-refractivity contribution in [2.45, 2.75) is 44.6 Å². The van der Waals surface area contributed by atoms with E-state index in [-0.39, 0.29) is 18.5 Å². The summed E-state index contributed by atoms with van der Waals surface area (Å²) >= 11 is 0. The monoisotopic (exact) mass is 350 g/mol. The van der Waals surface area contributed by atoms with Crippen molar-refractivity contribution in [2.24, 2.45) is 0 Å². The molecule has 1 aromatic carbocycles. The van der Waals surface area contributed by atoms with Gasteiger partial charge < -0.3 is 5.32 Å². The van der Waals surface area contributed by atoms with Gasteiger partial charge in [0.1, 0.15) is 0 Å². The van der Waals surface area contributed by atoms with Crippen molar-refractivity contribution >= 4 is 22.0 Å². The zero-order valence-corrected chi connectivity index (χ0v) is 15.0. The minimum atomic E-state index is -3.61. The standard InChI is InChI=1S/C18H26N2O3S/c1-20(15-18(21)19-17-11-7-2-3-8-12-17)24(22,23)14-13-16-9-5-4-6-10-16/h4-6,9-10,13-14,17H,2-3,7-8,11-12,15H2,1H3,(H,19,21)/b14-13+. The Labute approximate surface area is 144 Å². The number of sulfonamides is 1. The summed E-state index contributed by atoms with van der Waals surface area (Å²) in [4.78, 5) is 12.1. The van der Waals surface area contributed by atoms with Crippen LogP contribution in [-0.4, -0.2) is 38.3 Å². The molecule has 1 amide bonds. The lowest BCUT2D eigenvalue weighted by Gasteiger charge is -2.19. The van der Waals surface area contributed by atoms with Crippen LogP contribution in [0.5, 0.6) is 0 Å². The molecule has 1 N–H and O–H groups in total. The third-order valence-electron chi connectivity index (χ3n) is 4.25. The molecule has 0 aromatic heterocycles. The lowest BCUT2D eigenvalue weighted by atomic mass is 10.1. The van der Waals surface area contributed by atoms with Crippen LogP contribution >= 0.6 is 0 Å². The highest BCUT2D eigenvalue weighted by Crippen LogP contribution is 2.17. The maximum absolute atomic E-state index is 12.2. The highest BCUT2D eigenvalue weighted by atomic mass is 32.2. The highest BCUT2D eigenvalue weighted by Gasteiger charge is 2.20. The van der Waals surface area contributed by atoms with Gasteiger partial charge in [0.15, 0.2) is 0 Å². The summed E-state index contributed by atoms with van der Waals surface area (Å²) in [6.45, 7) is -0.155. The van der Waals surface area contributed by atoms with Gasteiger partial charge in [-0.25, -0.2) is 8.42 Å². The average Bonchev–Trinajstić information content (AvgIpc) is 2.82. The van der Waals surface area contributed by atoms with Crippen LogP contribution in [0.1, 0.15) is 44.1 Å². The van der Waals surface area contributed by atoms with Crippen molar-refractivity contribution in [2.75, 3.05) is 13.6 Å². The molecule has 0 spiro atoms. The van der Waals surface area contributed by atoms with Gasteiger partial charge in [0, 0.05) is 18.5 Å². The summed E-state index contributed by atoms with van der Waals surface area (Å²) in [5.41, 5.74) is 0.803. The van der Waals surface area contributed by atoms with Gasteiger partial charge in [-0.2, -0.15) is 4.31 Å². The number of rotatable bonds is 6. The molecule has 132 valence electrons. The second-order valence-electron chi connectivity index (χ2n) is 6.27. The van der Waals surface area contributed by atoms with E-state index in [1.165, 1.54) is 26.0 Å². The van der Waals surface area contributed by atoms with Gasteiger partial charge in [0.05, 0.1) is 6.54 Å². The normalized spacial score (nSPS) is 17.1. The molecule has 0 bridgehead atoms. The number of nitrogens with one attached hydrogen (secondary N) is 1. The fourth-order valence-electron chi connectivity index (χ4n) is 2.82. The summed E-state index contributed by atoms with van der Waals surface area (Å²) in [7, 11) is -2.18. The molecule has 1 aliphatic rings. The summed E-state index contributed by atoms with van der Waals surface area (Å²) < 4.78 is 25.6. The average molecular weight is 350 g/mol. The van der Waals surface area contributed by atoms with Crippen molar-refractivity contribution < 1.29 is 13.2 Å². The van der Waals surface area contributed by atoms with Gasteiger partial charge in [-0.15, -0.1) is 0 Å². The Morgan fingerprint density at radius 1 is 1.17 bits per heavy atom. The van der Waals surface area contributed by atoms with Crippen LogP contribution in [0.15, 0.2) is 35.7 Å². The third-order valence-corrected chi connectivity index (χ3v) is 5.73. The van der Waals surface area contributed by atoms with E-state index < -0.39 is 10.0 Å². The van der Waals surface area contributed by atoms with E-state index in [9.17, 15) is 13.2 Å². The lowest BCUT2D eigenvalue weighted by molar-refractivity contribution is -0.121. The number of likely N-dealkylation sites (N-methyl/N-ethyl adjacent to an activating group) is 1. The van der Waals surface area contributed by atoms with E-state index in [1.807, 2.05) is 30.3 Å². The maximum atomic E-state index is 12.2. The summed E-state index contributed by atoms with van der Waals surface area (Å²) in [6.07, 6.45) is 8.18. The Bertz CT molecular complexity index is 648. The molecule has 6 heteroatoms. The molecule has 0 aliphatic heterocycles. The first-order chi connectivity index (χ1) is 11.5. The number of carbonyl (C=O) groups excluding carboxylic acids is 1. The topological polar surface area (TPSA) is 66.5 Å². The van der Waals surface area contributed by atoms with Crippen molar-refractivity contribution in [3.8, 4) is 0 Å². The molecule has 0 radical (unpaired) electrons. The van der Waals surface area contributed by atoms with Crippen molar-refractivity contribution in [1.29, 1.82) is 0 Å². The minimum Gasteiger partial charge on any atom is -0.352 e. The number of carbonyl (C=O) groups is 1. The zero-order chi connectivity index (χ0) is 17.4. The highest BCUT2D eigenvalue weighted by molar-refractivity contribution is 7.92. The second-order valence-corrected chi connectivity index (χ2v) is 8.20. The molecule has 1 aliphatic carbocycles. The molecular weight excluding hydrogens is 324 g/mol. The van der Waals surface area contributed by atoms with Crippen LogP contribution in [0.4, 0.5) is 0 Å². The first-order valence-electron chi connectivity index (χ1n) is 8.46. The lowest BCUT2D eigenvalue weighted by Crippen LogP contribution is -2.42.